The topological polar surface area (TPSA) is 72.2 Å². The van der Waals surface area contributed by atoms with E-state index in [2.05, 4.69) is 4.72 Å². The Balaban J connectivity index is 2.12. The zero-order chi connectivity index (χ0) is 14.8. The Kier molecular flexibility index (Phi) is 4.70. The molecule has 20 heavy (non-hydrogen) atoms. The number of sulfonamides is 1. The van der Waals surface area contributed by atoms with Gasteiger partial charge in [-0.1, -0.05) is 11.6 Å². The Bertz CT molecular complexity index is 697. The van der Waals surface area contributed by atoms with Gasteiger partial charge < -0.3 is 5.73 Å². The smallest absolute Gasteiger partial charge is 0.240 e. The van der Waals surface area contributed by atoms with Crippen molar-refractivity contribution in [2.45, 2.75) is 18.2 Å². The molecule has 0 saturated heterocycles. The highest BCUT2D eigenvalue weighted by Crippen LogP contribution is 2.26. The fourth-order valence-corrected chi connectivity index (χ4v) is 4.01. The van der Waals surface area contributed by atoms with Gasteiger partial charge in [-0.2, -0.15) is 11.3 Å². The second kappa shape index (κ2) is 6.13. The average molecular weight is 331 g/mol. The van der Waals surface area contributed by atoms with Crippen molar-refractivity contribution in [3.8, 4) is 0 Å². The zero-order valence-corrected chi connectivity index (χ0v) is 13.3. The summed E-state index contributed by atoms with van der Waals surface area (Å²) in [4.78, 5) is 0.171. The molecule has 3 N–H and O–H groups in total. The predicted molar refractivity (Wildman–Crippen MR) is 83.8 cm³/mol. The number of hydrogen-bond donors (Lipinski definition) is 2. The summed E-state index contributed by atoms with van der Waals surface area (Å²) in [5.41, 5.74) is 7.62. The molecule has 108 valence electrons. The number of thiophene rings is 1. The van der Waals surface area contributed by atoms with Crippen LogP contribution in [0.15, 0.2) is 33.9 Å². The van der Waals surface area contributed by atoms with E-state index in [1.54, 1.807) is 24.3 Å². The van der Waals surface area contributed by atoms with E-state index in [0.717, 1.165) is 5.56 Å². The van der Waals surface area contributed by atoms with Gasteiger partial charge in [-0.05, 0) is 53.4 Å². The van der Waals surface area contributed by atoms with Crippen molar-refractivity contribution in [3.63, 3.8) is 0 Å². The van der Waals surface area contributed by atoms with E-state index in [9.17, 15) is 8.42 Å². The van der Waals surface area contributed by atoms with E-state index < -0.39 is 10.0 Å². The average Bonchev–Trinajstić information content (AvgIpc) is 2.86. The van der Waals surface area contributed by atoms with Crippen molar-refractivity contribution < 1.29 is 8.42 Å². The zero-order valence-electron chi connectivity index (χ0n) is 10.9. The predicted octanol–water partition coefficient (Wildman–Crippen LogP) is 2.81. The maximum Gasteiger partial charge on any atom is 0.240 e. The largest absolute Gasteiger partial charge is 0.397 e. The molecule has 1 aromatic heterocycles. The molecule has 0 amide bonds. The maximum absolute atomic E-state index is 12.2. The highest BCUT2D eigenvalue weighted by atomic mass is 35.5. The van der Waals surface area contributed by atoms with Gasteiger partial charge in [0.1, 0.15) is 0 Å². The van der Waals surface area contributed by atoms with Crippen LogP contribution in [0.4, 0.5) is 5.69 Å². The molecule has 0 bridgehead atoms. The molecule has 7 heteroatoms. The van der Waals surface area contributed by atoms with Crippen molar-refractivity contribution in [3.05, 3.63) is 45.1 Å². The highest BCUT2D eigenvalue weighted by Gasteiger charge is 2.17. The molecule has 0 aliphatic carbocycles. The summed E-state index contributed by atoms with van der Waals surface area (Å²) in [5, 5.41) is 4.33. The van der Waals surface area contributed by atoms with E-state index in [-0.39, 0.29) is 10.6 Å². The van der Waals surface area contributed by atoms with Gasteiger partial charge in [0, 0.05) is 6.54 Å². The molecule has 0 aliphatic rings. The third-order valence-corrected chi connectivity index (χ3v) is 5.53. The van der Waals surface area contributed by atoms with Crippen LogP contribution in [0.3, 0.4) is 0 Å². The van der Waals surface area contributed by atoms with Gasteiger partial charge in [0.15, 0.2) is 0 Å². The number of rotatable bonds is 5. The fraction of sp³-hybridized carbons (Fsp3) is 0.231. The Hall–Kier alpha value is -1.08. The van der Waals surface area contributed by atoms with Crippen LogP contribution in [-0.2, 0) is 16.4 Å². The first-order valence-corrected chi connectivity index (χ1v) is 8.77. The second-order valence-electron chi connectivity index (χ2n) is 4.42. The number of nitrogens with two attached hydrogens (primary N) is 1. The third-order valence-electron chi connectivity index (χ3n) is 2.87. The second-order valence-corrected chi connectivity index (χ2v) is 7.34. The molecular formula is C13H15ClN2O2S2. The summed E-state index contributed by atoms with van der Waals surface area (Å²) in [6, 6.07) is 4.93. The molecule has 0 spiro atoms. The van der Waals surface area contributed by atoms with Crippen LogP contribution in [0, 0.1) is 6.92 Å². The van der Waals surface area contributed by atoms with Crippen LogP contribution < -0.4 is 10.5 Å². The quantitative estimate of drug-likeness (QED) is 0.828. The van der Waals surface area contributed by atoms with Gasteiger partial charge in [0.05, 0.1) is 15.6 Å². The number of aryl methyl sites for hydroxylation is 1. The van der Waals surface area contributed by atoms with Crippen LogP contribution in [0.25, 0.3) is 0 Å². The van der Waals surface area contributed by atoms with E-state index in [4.69, 9.17) is 17.3 Å². The van der Waals surface area contributed by atoms with Crippen LogP contribution in [0.1, 0.15) is 11.1 Å². The van der Waals surface area contributed by atoms with Gasteiger partial charge in [-0.3, -0.25) is 0 Å². The first-order valence-electron chi connectivity index (χ1n) is 5.96. The minimum Gasteiger partial charge on any atom is -0.397 e. The normalized spacial score (nSPS) is 11.7. The summed E-state index contributed by atoms with van der Waals surface area (Å²) in [7, 11) is -3.57. The first kappa shape index (κ1) is 15.3. The number of nitrogen functional groups attached to an aromatic ring is 1. The van der Waals surface area contributed by atoms with Crippen LogP contribution >= 0.6 is 22.9 Å². The summed E-state index contributed by atoms with van der Waals surface area (Å²) < 4.78 is 27.1. The molecule has 1 heterocycles. The summed E-state index contributed by atoms with van der Waals surface area (Å²) >= 11 is 7.46. The van der Waals surface area contributed by atoms with E-state index >= 15 is 0 Å². The summed E-state index contributed by atoms with van der Waals surface area (Å²) in [6.07, 6.45) is 0.658. The molecule has 0 atom stereocenters. The highest BCUT2D eigenvalue weighted by molar-refractivity contribution is 7.89. The van der Waals surface area contributed by atoms with Crippen molar-refractivity contribution in [1.82, 2.24) is 4.72 Å². The number of benzene rings is 1. The van der Waals surface area contributed by atoms with Crippen LogP contribution in [0.5, 0.6) is 0 Å². The van der Waals surface area contributed by atoms with Gasteiger partial charge in [-0.25, -0.2) is 13.1 Å². The molecule has 0 radical (unpaired) electrons. The molecule has 0 unspecified atom stereocenters. The van der Waals surface area contributed by atoms with Crippen molar-refractivity contribution in [1.29, 1.82) is 0 Å². The fourth-order valence-electron chi connectivity index (χ4n) is 1.80. The van der Waals surface area contributed by atoms with Crippen molar-refractivity contribution >= 4 is 38.6 Å². The number of anilines is 1. The molecule has 2 rings (SSSR count). The Morgan fingerprint density at radius 2 is 2.15 bits per heavy atom. The molecule has 1 aromatic carbocycles. The lowest BCUT2D eigenvalue weighted by Gasteiger charge is -2.10. The third kappa shape index (κ3) is 3.52. The van der Waals surface area contributed by atoms with E-state index in [1.807, 2.05) is 16.8 Å². The minimum atomic E-state index is -3.57. The molecule has 0 aliphatic heterocycles. The lowest BCUT2D eigenvalue weighted by Crippen LogP contribution is -2.26. The molecule has 0 saturated carbocycles. The lowest BCUT2D eigenvalue weighted by atomic mass is 10.2. The first-order chi connectivity index (χ1) is 9.40. The number of nitrogens with one attached hydrogen (secondary N) is 1. The van der Waals surface area contributed by atoms with Crippen molar-refractivity contribution in [2.24, 2.45) is 0 Å². The summed E-state index contributed by atoms with van der Waals surface area (Å²) in [5.74, 6) is 0. The Morgan fingerprint density at radius 1 is 1.40 bits per heavy atom. The van der Waals surface area contributed by atoms with Crippen LogP contribution in [0.2, 0.25) is 5.02 Å². The standard InChI is InChI=1S/C13H15ClN2O2S2/c1-9-6-11(14)12(15)7-13(9)20(17,18)16-4-2-10-3-5-19-8-10/h3,5-8,16H,2,4,15H2,1H3. The van der Waals surface area contributed by atoms with Crippen LogP contribution in [-0.4, -0.2) is 15.0 Å². The molecule has 4 nitrogen and oxygen atoms in total. The maximum atomic E-state index is 12.2. The van der Waals surface area contributed by atoms with E-state index in [0.29, 0.717) is 23.6 Å². The molecule has 2 aromatic rings. The van der Waals surface area contributed by atoms with Gasteiger partial charge in [0.2, 0.25) is 10.0 Å². The Labute approximate surface area is 127 Å². The van der Waals surface area contributed by atoms with Gasteiger partial charge >= 0.3 is 0 Å². The number of halogens is 1. The molecular weight excluding hydrogens is 316 g/mol. The minimum absolute atomic E-state index is 0.171. The van der Waals surface area contributed by atoms with Gasteiger partial charge in [0.25, 0.3) is 0 Å². The molecule has 0 fully saturated rings. The Morgan fingerprint density at radius 3 is 2.80 bits per heavy atom. The van der Waals surface area contributed by atoms with E-state index in [1.165, 1.54) is 6.07 Å². The van der Waals surface area contributed by atoms with Crippen molar-refractivity contribution in [2.75, 3.05) is 12.3 Å². The monoisotopic (exact) mass is 330 g/mol. The van der Waals surface area contributed by atoms with Gasteiger partial charge in [-0.15, -0.1) is 0 Å². The SMILES string of the molecule is Cc1cc(Cl)c(N)cc1S(=O)(=O)NCCc1ccsc1. The summed E-state index contributed by atoms with van der Waals surface area (Å²) in [6.45, 7) is 2.04. The number of hydrogen-bond acceptors (Lipinski definition) is 4. The lowest BCUT2D eigenvalue weighted by molar-refractivity contribution is 0.581.